The average Bonchev–Trinajstić information content (AvgIpc) is 2.52. The van der Waals surface area contributed by atoms with Crippen molar-refractivity contribution < 1.29 is 18.3 Å². The van der Waals surface area contributed by atoms with Gasteiger partial charge in [-0.3, -0.25) is 4.90 Å². The van der Waals surface area contributed by atoms with Crippen molar-refractivity contribution in [1.82, 2.24) is 10.2 Å². The number of ether oxygens (including phenoxy) is 2. The lowest BCUT2D eigenvalue weighted by Gasteiger charge is -2.36. The van der Waals surface area contributed by atoms with Crippen molar-refractivity contribution in [2.45, 2.75) is 25.8 Å². The van der Waals surface area contributed by atoms with E-state index in [4.69, 9.17) is 9.47 Å². The number of nitrogens with zero attached hydrogens (tertiary/aromatic N) is 1. The lowest BCUT2D eigenvalue weighted by atomic mass is 9.97. The van der Waals surface area contributed by atoms with Gasteiger partial charge in [0.1, 0.15) is 11.5 Å². The summed E-state index contributed by atoms with van der Waals surface area (Å²) in [6.07, 6.45) is -2.61. The molecule has 1 N–H and O–H groups in total. The van der Waals surface area contributed by atoms with Gasteiger partial charge in [-0.2, -0.15) is 0 Å². The van der Waals surface area contributed by atoms with Gasteiger partial charge in [-0.1, -0.05) is 0 Å². The maximum Gasteiger partial charge on any atom is 0.240 e. The van der Waals surface area contributed by atoms with E-state index in [9.17, 15) is 8.78 Å². The minimum absolute atomic E-state index is 0. The molecule has 0 radical (unpaired) electrons. The monoisotopic (exact) mass is 350 g/mol. The summed E-state index contributed by atoms with van der Waals surface area (Å²) in [6, 6.07) is 3.34. The van der Waals surface area contributed by atoms with Gasteiger partial charge in [0, 0.05) is 38.6 Å². The van der Waals surface area contributed by atoms with E-state index < -0.39 is 12.5 Å². The highest BCUT2D eigenvalue weighted by atomic mass is 35.5. The van der Waals surface area contributed by atoms with Crippen molar-refractivity contribution in [1.29, 1.82) is 0 Å². The second kappa shape index (κ2) is 9.25. The van der Waals surface area contributed by atoms with E-state index in [1.54, 1.807) is 14.2 Å². The first kappa shape index (κ1) is 19.9. The van der Waals surface area contributed by atoms with Crippen LogP contribution in [0.3, 0.4) is 0 Å². The average molecular weight is 351 g/mol. The van der Waals surface area contributed by atoms with Gasteiger partial charge < -0.3 is 14.8 Å². The van der Waals surface area contributed by atoms with E-state index >= 15 is 0 Å². The van der Waals surface area contributed by atoms with Crippen LogP contribution in [0.15, 0.2) is 12.1 Å². The lowest BCUT2D eigenvalue weighted by Crippen LogP contribution is -2.45. The number of nitrogens with one attached hydrogen (secondary N) is 1. The number of hydrogen-bond donors (Lipinski definition) is 1. The minimum Gasteiger partial charge on any atom is -0.496 e. The number of alkyl halides is 2. The van der Waals surface area contributed by atoms with Crippen LogP contribution >= 0.6 is 12.4 Å². The molecule has 2 rings (SSSR count). The minimum atomic E-state index is -2.38. The molecule has 0 aromatic heterocycles. The van der Waals surface area contributed by atoms with Crippen LogP contribution in [-0.4, -0.2) is 51.7 Å². The zero-order valence-corrected chi connectivity index (χ0v) is 14.6. The number of piperazine rings is 1. The molecule has 1 aliphatic rings. The molecule has 1 atom stereocenters. The third-order valence-electron chi connectivity index (χ3n) is 4.02. The molecule has 0 bridgehead atoms. The van der Waals surface area contributed by atoms with E-state index in [-0.39, 0.29) is 18.8 Å². The molecule has 1 saturated heterocycles. The van der Waals surface area contributed by atoms with Gasteiger partial charge in [-0.25, -0.2) is 8.78 Å². The molecular formula is C16H25ClF2N2O2. The first-order valence-corrected chi connectivity index (χ1v) is 7.52. The van der Waals surface area contributed by atoms with E-state index in [0.29, 0.717) is 11.5 Å². The molecular weight excluding hydrogens is 326 g/mol. The summed E-state index contributed by atoms with van der Waals surface area (Å²) in [7, 11) is 3.13. The van der Waals surface area contributed by atoms with Gasteiger partial charge in [0.15, 0.2) is 0 Å². The number of methoxy groups -OCH3 is 2. The molecule has 0 spiro atoms. The van der Waals surface area contributed by atoms with Crippen molar-refractivity contribution in [2.24, 2.45) is 0 Å². The van der Waals surface area contributed by atoms with E-state index in [1.807, 2.05) is 19.1 Å². The summed E-state index contributed by atoms with van der Waals surface area (Å²) < 4.78 is 37.2. The summed E-state index contributed by atoms with van der Waals surface area (Å²) in [5, 5.41) is 3.25. The van der Waals surface area contributed by atoms with Crippen molar-refractivity contribution in [3.63, 3.8) is 0 Å². The molecule has 1 fully saturated rings. The number of hydrogen-bond acceptors (Lipinski definition) is 4. The SMILES string of the molecule is COc1cc(C)cc(OC)c1[C@@H](CC(F)F)N1CCNCC1.Cl. The molecule has 1 heterocycles. The third-order valence-corrected chi connectivity index (χ3v) is 4.02. The fraction of sp³-hybridized carbons (Fsp3) is 0.625. The van der Waals surface area contributed by atoms with Crippen LogP contribution in [0.5, 0.6) is 11.5 Å². The Bertz CT molecular complexity index is 472. The topological polar surface area (TPSA) is 33.7 Å². The van der Waals surface area contributed by atoms with Gasteiger partial charge in [0.2, 0.25) is 6.43 Å². The fourth-order valence-electron chi connectivity index (χ4n) is 3.01. The van der Waals surface area contributed by atoms with Crippen LogP contribution in [0.1, 0.15) is 23.6 Å². The van der Waals surface area contributed by atoms with Gasteiger partial charge in [0.05, 0.1) is 19.8 Å². The smallest absolute Gasteiger partial charge is 0.240 e. The Morgan fingerprint density at radius 2 is 1.65 bits per heavy atom. The van der Waals surface area contributed by atoms with Crippen molar-refractivity contribution in [3.05, 3.63) is 23.3 Å². The Morgan fingerprint density at radius 3 is 2.09 bits per heavy atom. The van der Waals surface area contributed by atoms with Gasteiger partial charge in [-0.05, 0) is 24.6 Å². The number of rotatable bonds is 6. The Balaban J connectivity index is 0.00000264. The summed E-state index contributed by atoms with van der Waals surface area (Å²) in [4.78, 5) is 2.08. The van der Waals surface area contributed by atoms with Crippen molar-refractivity contribution in [2.75, 3.05) is 40.4 Å². The number of benzene rings is 1. The molecule has 1 aromatic carbocycles. The van der Waals surface area contributed by atoms with E-state index in [1.165, 1.54) is 0 Å². The molecule has 0 amide bonds. The molecule has 0 aliphatic carbocycles. The second-order valence-electron chi connectivity index (χ2n) is 5.51. The number of halogens is 3. The maximum absolute atomic E-state index is 13.2. The zero-order valence-electron chi connectivity index (χ0n) is 13.8. The van der Waals surface area contributed by atoms with Crippen LogP contribution in [0.2, 0.25) is 0 Å². The van der Waals surface area contributed by atoms with Gasteiger partial charge >= 0.3 is 0 Å². The molecule has 1 aliphatic heterocycles. The van der Waals surface area contributed by atoms with Gasteiger partial charge in [-0.15, -0.1) is 12.4 Å². The normalized spacial score (nSPS) is 16.8. The largest absolute Gasteiger partial charge is 0.496 e. The third kappa shape index (κ3) is 4.93. The van der Waals surface area contributed by atoms with Crippen LogP contribution in [0, 0.1) is 6.92 Å². The molecule has 0 saturated carbocycles. The molecule has 7 heteroatoms. The Morgan fingerprint density at radius 1 is 1.13 bits per heavy atom. The van der Waals surface area contributed by atoms with Crippen molar-refractivity contribution >= 4 is 12.4 Å². The van der Waals surface area contributed by atoms with Gasteiger partial charge in [0.25, 0.3) is 0 Å². The highest BCUT2D eigenvalue weighted by Gasteiger charge is 2.30. The highest BCUT2D eigenvalue weighted by molar-refractivity contribution is 5.85. The van der Waals surface area contributed by atoms with Crippen molar-refractivity contribution in [3.8, 4) is 11.5 Å². The second-order valence-corrected chi connectivity index (χ2v) is 5.51. The van der Waals surface area contributed by atoms with Crippen LogP contribution in [-0.2, 0) is 0 Å². The van der Waals surface area contributed by atoms with E-state index in [2.05, 4.69) is 10.2 Å². The standard InChI is InChI=1S/C16H24F2N2O2.ClH/c1-11-8-13(21-2)16(14(9-11)22-3)12(10-15(17)18)20-6-4-19-5-7-20;/h8-9,12,15,19H,4-7,10H2,1-3H3;1H/t12-;/m1./s1. The Labute approximate surface area is 142 Å². The number of aryl methyl sites for hydroxylation is 1. The summed E-state index contributed by atoms with van der Waals surface area (Å²) >= 11 is 0. The first-order valence-electron chi connectivity index (χ1n) is 7.52. The van der Waals surface area contributed by atoms with Crippen LogP contribution in [0.25, 0.3) is 0 Å². The van der Waals surface area contributed by atoms with Crippen LogP contribution in [0.4, 0.5) is 8.78 Å². The summed E-state index contributed by atoms with van der Waals surface area (Å²) in [5.74, 6) is 1.22. The maximum atomic E-state index is 13.2. The summed E-state index contributed by atoms with van der Waals surface area (Å²) in [6.45, 7) is 5.00. The molecule has 23 heavy (non-hydrogen) atoms. The molecule has 0 unspecified atom stereocenters. The predicted octanol–water partition coefficient (Wildman–Crippen LogP) is 3.04. The molecule has 132 valence electrons. The molecule has 4 nitrogen and oxygen atoms in total. The predicted molar refractivity (Wildman–Crippen MR) is 89.3 cm³/mol. The first-order chi connectivity index (χ1) is 10.6. The van der Waals surface area contributed by atoms with E-state index in [0.717, 1.165) is 37.3 Å². The highest BCUT2D eigenvalue weighted by Crippen LogP contribution is 2.41. The summed E-state index contributed by atoms with van der Waals surface area (Å²) in [5.41, 5.74) is 1.70. The quantitative estimate of drug-likeness (QED) is 0.855. The Hall–Kier alpha value is -1.11. The Kier molecular flexibility index (Phi) is 8.02. The van der Waals surface area contributed by atoms with Crippen LogP contribution < -0.4 is 14.8 Å². The zero-order chi connectivity index (χ0) is 16.1. The molecule has 1 aromatic rings. The lowest BCUT2D eigenvalue weighted by molar-refractivity contribution is 0.0718. The fourth-order valence-corrected chi connectivity index (χ4v) is 3.01.